The Morgan fingerprint density at radius 1 is 1.30 bits per heavy atom. The summed E-state index contributed by atoms with van der Waals surface area (Å²) in [6.07, 6.45) is -0.0921. The smallest absolute Gasteiger partial charge is 0.191 e. The van der Waals surface area contributed by atoms with Crippen LogP contribution in [0.25, 0.3) is 11.2 Å². The number of anilines is 1. The van der Waals surface area contributed by atoms with Crippen molar-refractivity contribution in [3.63, 3.8) is 0 Å². The second-order valence-electron chi connectivity index (χ2n) is 6.62. The average molecular weight is 399 g/mol. The number of hydrogen-bond donors (Lipinski definition) is 5. The van der Waals surface area contributed by atoms with Gasteiger partial charge in [0.15, 0.2) is 28.4 Å². The van der Waals surface area contributed by atoms with Gasteiger partial charge in [0.2, 0.25) is 0 Å². The van der Waals surface area contributed by atoms with Crippen LogP contribution >= 0.6 is 11.8 Å². The first-order valence-electron chi connectivity index (χ1n) is 8.75. The highest BCUT2D eigenvalue weighted by atomic mass is 32.2. The fourth-order valence-electron chi connectivity index (χ4n) is 2.94. The van der Waals surface area contributed by atoms with Gasteiger partial charge in [0, 0.05) is 13.2 Å². The molecule has 2 aromatic rings. The molecule has 1 saturated heterocycles. The molecule has 1 fully saturated rings. The lowest BCUT2D eigenvalue weighted by molar-refractivity contribution is -0.0511. The SMILES string of the molecule is CSc1nc(NCCC(C)CO)c2ncn([C@@H]3O[C@H](CO)[C@@H](O)[C@H]3O)c2n1. The summed E-state index contributed by atoms with van der Waals surface area (Å²) in [4.78, 5) is 13.3. The predicted molar refractivity (Wildman–Crippen MR) is 99.5 cm³/mol. The molecule has 0 bridgehead atoms. The number of fused-ring (bicyclic) bond motifs is 1. The van der Waals surface area contributed by atoms with Crippen molar-refractivity contribution in [3.8, 4) is 0 Å². The molecule has 3 rings (SSSR count). The summed E-state index contributed by atoms with van der Waals surface area (Å²) in [6, 6.07) is 0. The highest BCUT2D eigenvalue weighted by Gasteiger charge is 2.44. The number of imidazole rings is 1. The maximum absolute atomic E-state index is 10.3. The number of hydrogen-bond acceptors (Lipinski definition) is 10. The first kappa shape index (κ1) is 20.2. The van der Waals surface area contributed by atoms with Gasteiger partial charge in [0.1, 0.15) is 18.3 Å². The molecule has 5 N–H and O–H groups in total. The van der Waals surface area contributed by atoms with Crippen LogP contribution in [0.15, 0.2) is 11.5 Å². The lowest BCUT2D eigenvalue weighted by Crippen LogP contribution is -2.33. The zero-order valence-electron chi connectivity index (χ0n) is 15.2. The van der Waals surface area contributed by atoms with Crippen molar-refractivity contribution in [2.24, 2.45) is 5.92 Å². The van der Waals surface area contributed by atoms with Gasteiger partial charge in [-0.1, -0.05) is 18.7 Å². The molecular formula is C16H25N5O5S. The van der Waals surface area contributed by atoms with E-state index in [4.69, 9.17) is 9.84 Å². The van der Waals surface area contributed by atoms with Crippen molar-refractivity contribution < 1.29 is 25.2 Å². The zero-order chi connectivity index (χ0) is 19.6. The van der Waals surface area contributed by atoms with E-state index in [1.807, 2.05) is 13.2 Å². The predicted octanol–water partition coefficient (Wildman–Crippen LogP) is -0.410. The Kier molecular flexibility index (Phi) is 6.50. The third-order valence-corrected chi connectivity index (χ3v) is 5.16. The molecule has 2 aromatic heterocycles. The second-order valence-corrected chi connectivity index (χ2v) is 7.39. The lowest BCUT2D eigenvalue weighted by atomic mass is 10.1. The van der Waals surface area contributed by atoms with E-state index in [9.17, 15) is 15.3 Å². The number of aliphatic hydroxyl groups excluding tert-OH is 4. The summed E-state index contributed by atoms with van der Waals surface area (Å²) < 4.78 is 7.13. The molecular weight excluding hydrogens is 374 g/mol. The first-order chi connectivity index (χ1) is 13.0. The molecule has 27 heavy (non-hydrogen) atoms. The minimum absolute atomic E-state index is 0.122. The van der Waals surface area contributed by atoms with Crippen molar-refractivity contribution in [3.05, 3.63) is 6.33 Å². The summed E-state index contributed by atoms with van der Waals surface area (Å²) in [5.74, 6) is 0.728. The number of thioether (sulfide) groups is 1. The Labute approximate surface area is 160 Å². The molecule has 0 aliphatic carbocycles. The summed E-state index contributed by atoms with van der Waals surface area (Å²) in [5, 5.41) is 42.5. The van der Waals surface area contributed by atoms with Crippen LogP contribution in [0.2, 0.25) is 0 Å². The number of rotatable bonds is 8. The van der Waals surface area contributed by atoms with E-state index in [1.165, 1.54) is 18.1 Å². The summed E-state index contributed by atoms with van der Waals surface area (Å²) in [6.45, 7) is 2.29. The number of nitrogens with zero attached hydrogens (tertiary/aromatic N) is 4. The van der Waals surface area contributed by atoms with Gasteiger partial charge in [0.05, 0.1) is 12.9 Å². The molecule has 3 heterocycles. The van der Waals surface area contributed by atoms with Gasteiger partial charge >= 0.3 is 0 Å². The molecule has 1 aliphatic heterocycles. The number of nitrogens with one attached hydrogen (secondary N) is 1. The minimum Gasteiger partial charge on any atom is -0.396 e. The van der Waals surface area contributed by atoms with Crippen molar-refractivity contribution >= 4 is 28.7 Å². The highest BCUT2D eigenvalue weighted by Crippen LogP contribution is 2.33. The maximum atomic E-state index is 10.3. The summed E-state index contributed by atoms with van der Waals surface area (Å²) >= 11 is 1.37. The quantitative estimate of drug-likeness (QED) is 0.293. The van der Waals surface area contributed by atoms with Crippen LogP contribution in [0.3, 0.4) is 0 Å². The van der Waals surface area contributed by atoms with Crippen LogP contribution in [0.5, 0.6) is 0 Å². The average Bonchev–Trinajstić information content (AvgIpc) is 3.22. The normalized spacial score (nSPS) is 26.6. The molecule has 0 aromatic carbocycles. The van der Waals surface area contributed by atoms with E-state index in [1.54, 1.807) is 4.57 Å². The molecule has 0 amide bonds. The van der Waals surface area contributed by atoms with Crippen molar-refractivity contribution in [1.82, 2.24) is 19.5 Å². The molecule has 0 spiro atoms. The highest BCUT2D eigenvalue weighted by molar-refractivity contribution is 7.98. The third-order valence-electron chi connectivity index (χ3n) is 4.62. The van der Waals surface area contributed by atoms with Gasteiger partial charge in [-0.25, -0.2) is 15.0 Å². The number of aromatic nitrogens is 4. The van der Waals surface area contributed by atoms with Crippen LogP contribution in [0.4, 0.5) is 5.82 Å². The molecule has 11 heteroatoms. The van der Waals surface area contributed by atoms with Crippen molar-refractivity contribution in [2.75, 3.05) is 31.3 Å². The molecule has 0 radical (unpaired) electrons. The van der Waals surface area contributed by atoms with Crippen molar-refractivity contribution in [2.45, 2.75) is 43.0 Å². The third kappa shape index (κ3) is 4.03. The molecule has 150 valence electrons. The van der Waals surface area contributed by atoms with Gasteiger partial charge < -0.3 is 30.5 Å². The van der Waals surface area contributed by atoms with E-state index in [0.29, 0.717) is 28.7 Å². The van der Waals surface area contributed by atoms with Gasteiger partial charge in [-0.2, -0.15) is 0 Å². The van der Waals surface area contributed by atoms with Crippen LogP contribution in [-0.2, 0) is 4.74 Å². The Balaban J connectivity index is 1.91. The molecule has 0 saturated carbocycles. The lowest BCUT2D eigenvalue weighted by Gasteiger charge is -2.17. The molecule has 10 nitrogen and oxygen atoms in total. The second kappa shape index (κ2) is 8.67. The Hall–Kier alpha value is -1.50. The number of aliphatic hydroxyl groups is 4. The topological polar surface area (TPSA) is 146 Å². The molecule has 1 aliphatic rings. The van der Waals surface area contributed by atoms with Crippen LogP contribution < -0.4 is 5.32 Å². The van der Waals surface area contributed by atoms with Gasteiger partial charge in [-0.05, 0) is 18.6 Å². The first-order valence-corrected chi connectivity index (χ1v) is 9.98. The Bertz CT molecular complexity index is 775. The van der Waals surface area contributed by atoms with Gasteiger partial charge in [0.25, 0.3) is 0 Å². The van der Waals surface area contributed by atoms with E-state index in [0.717, 1.165) is 6.42 Å². The fraction of sp³-hybridized carbons (Fsp3) is 0.688. The van der Waals surface area contributed by atoms with E-state index in [2.05, 4.69) is 20.3 Å². The largest absolute Gasteiger partial charge is 0.396 e. The van der Waals surface area contributed by atoms with Crippen molar-refractivity contribution in [1.29, 1.82) is 0 Å². The van der Waals surface area contributed by atoms with Gasteiger partial charge in [-0.15, -0.1) is 0 Å². The Morgan fingerprint density at radius 2 is 2.07 bits per heavy atom. The number of ether oxygens (including phenoxy) is 1. The summed E-state index contributed by atoms with van der Waals surface area (Å²) in [7, 11) is 0. The van der Waals surface area contributed by atoms with E-state index >= 15 is 0 Å². The van der Waals surface area contributed by atoms with Crippen LogP contribution in [0.1, 0.15) is 19.6 Å². The molecule has 1 unspecified atom stereocenters. The van der Waals surface area contributed by atoms with Gasteiger partial charge in [-0.3, -0.25) is 4.57 Å². The van der Waals surface area contributed by atoms with E-state index < -0.39 is 31.1 Å². The standard InChI is InChI=1S/C16H25N5O5S/c1-8(5-22)3-4-17-13-10-14(20-16(19-13)27-2)21(7-18-10)15-12(25)11(24)9(6-23)26-15/h7-9,11-12,15,22-25H,3-6H2,1-2H3,(H,17,19,20)/t8?,9-,11-,12-,15-/m1/s1. The fourth-order valence-corrected chi connectivity index (χ4v) is 3.30. The van der Waals surface area contributed by atoms with Crippen LogP contribution in [0, 0.1) is 5.92 Å². The van der Waals surface area contributed by atoms with Crippen LogP contribution in [-0.4, -0.2) is 84.3 Å². The Morgan fingerprint density at radius 3 is 2.70 bits per heavy atom. The zero-order valence-corrected chi connectivity index (χ0v) is 16.0. The summed E-state index contributed by atoms with van der Waals surface area (Å²) in [5.41, 5.74) is 0.976. The van der Waals surface area contributed by atoms with E-state index in [-0.39, 0.29) is 12.5 Å². The molecule has 5 atom stereocenters. The minimum atomic E-state index is -1.21. The maximum Gasteiger partial charge on any atom is 0.191 e. The monoisotopic (exact) mass is 399 g/mol.